The minimum absolute atomic E-state index is 0.280. The molecule has 110 valence electrons. The number of hydrogen-bond donors (Lipinski definition) is 1. The molecular weight excluding hydrogens is 252 g/mol. The van der Waals surface area contributed by atoms with Gasteiger partial charge in [-0.3, -0.25) is 0 Å². The highest BCUT2D eigenvalue weighted by Gasteiger charge is 2.24. The molecule has 1 aliphatic rings. The molecule has 2 rings (SSSR count). The van der Waals surface area contributed by atoms with E-state index in [0.29, 0.717) is 18.4 Å². The molecule has 1 N–H and O–H groups in total. The van der Waals surface area contributed by atoms with Gasteiger partial charge >= 0.3 is 0 Å². The van der Waals surface area contributed by atoms with Crippen LogP contribution in [-0.2, 0) is 0 Å². The van der Waals surface area contributed by atoms with Gasteiger partial charge in [0.05, 0.1) is 19.8 Å². The van der Waals surface area contributed by atoms with Crippen LogP contribution in [0.3, 0.4) is 0 Å². The summed E-state index contributed by atoms with van der Waals surface area (Å²) < 4.78 is 10.9. The Balaban J connectivity index is 1.84. The van der Waals surface area contributed by atoms with E-state index >= 15 is 0 Å². The first kappa shape index (κ1) is 14.9. The molecule has 0 saturated heterocycles. The van der Waals surface area contributed by atoms with Gasteiger partial charge in [-0.1, -0.05) is 13.0 Å². The first-order valence-corrected chi connectivity index (χ1v) is 7.21. The maximum Gasteiger partial charge on any atom is 0.119 e. The highest BCUT2D eigenvalue weighted by atomic mass is 16.5. The zero-order chi connectivity index (χ0) is 14.5. The average Bonchev–Trinajstić information content (AvgIpc) is 2.48. The van der Waals surface area contributed by atoms with Crippen molar-refractivity contribution in [3.8, 4) is 11.5 Å². The van der Waals surface area contributed by atoms with Crippen LogP contribution in [-0.4, -0.2) is 24.9 Å². The first-order valence-electron chi connectivity index (χ1n) is 7.21. The third-order valence-electron chi connectivity index (χ3n) is 4.17. The number of benzene rings is 1. The van der Waals surface area contributed by atoms with Crippen LogP contribution in [0.25, 0.3) is 0 Å². The molecular formula is C17H24O3. The van der Waals surface area contributed by atoms with E-state index < -0.39 is 0 Å². The molecule has 0 radical (unpaired) electrons. The summed E-state index contributed by atoms with van der Waals surface area (Å²) in [5.74, 6) is 2.62. The van der Waals surface area contributed by atoms with Crippen LogP contribution in [0, 0.1) is 11.8 Å². The molecule has 0 unspecified atom stereocenters. The van der Waals surface area contributed by atoms with Crippen LogP contribution in [0.2, 0.25) is 0 Å². The zero-order valence-electron chi connectivity index (χ0n) is 12.5. The molecule has 0 spiro atoms. The van der Waals surface area contributed by atoms with E-state index in [9.17, 15) is 5.11 Å². The second-order valence-electron chi connectivity index (χ2n) is 5.66. The van der Waals surface area contributed by atoms with Crippen molar-refractivity contribution in [2.45, 2.75) is 32.8 Å². The lowest BCUT2D eigenvalue weighted by atomic mass is 9.81. The Labute approximate surface area is 121 Å². The lowest BCUT2D eigenvalue weighted by molar-refractivity contribution is 0.124. The van der Waals surface area contributed by atoms with E-state index in [1.54, 1.807) is 7.11 Å². The quantitative estimate of drug-likeness (QED) is 0.837. The van der Waals surface area contributed by atoms with Gasteiger partial charge in [0.2, 0.25) is 0 Å². The summed E-state index contributed by atoms with van der Waals surface area (Å²) in [5.41, 5.74) is 1.10. The number of aliphatic hydroxyl groups is 1. The van der Waals surface area contributed by atoms with E-state index in [-0.39, 0.29) is 6.10 Å². The summed E-state index contributed by atoms with van der Waals surface area (Å²) in [6, 6.07) is 7.64. The molecule has 3 nitrogen and oxygen atoms in total. The molecule has 0 heterocycles. The fraction of sp³-hybridized carbons (Fsp3) is 0.529. The Morgan fingerprint density at radius 1 is 1.25 bits per heavy atom. The number of ether oxygens (including phenoxy) is 2. The van der Waals surface area contributed by atoms with Crippen molar-refractivity contribution in [1.29, 1.82) is 0 Å². The van der Waals surface area contributed by atoms with Gasteiger partial charge < -0.3 is 14.6 Å². The molecule has 0 aliphatic heterocycles. The molecule has 3 atom stereocenters. The van der Waals surface area contributed by atoms with Crippen LogP contribution >= 0.6 is 0 Å². The van der Waals surface area contributed by atoms with Crippen LogP contribution in [0.1, 0.15) is 26.7 Å². The summed E-state index contributed by atoms with van der Waals surface area (Å²) in [5, 5.41) is 9.92. The molecule has 1 aromatic rings. The summed E-state index contributed by atoms with van der Waals surface area (Å²) >= 11 is 0. The second kappa shape index (κ2) is 6.80. The van der Waals surface area contributed by atoms with Crippen LogP contribution < -0.4 is 9.47 Å². The number of allylic oxidation sites excluding steroid dienone is 1. The molecule has 0 saturated carbocycles. The fourth-order valence-corrected chi connectivity index (χ4v) is 2.54. The van der Waals surface area contributed by atoms with Crippen molar-refractivity contribution in [3.63, 3.8) is 0 Å². The van der Waals surface area contributed by atoms with Crippen LogP contribution in [0.15, 0.2) is 35.9 Å². The van der Waals surface area contributed by atoms with E-state index in [0.717, 1.165) is 29.9 Å². The maximum absolute atomic E-state index is 9.92. The van der Waals surface area contributed by atoms with Crippen LogP contribution in [0.4, 0.5) is 0 Å². The highest BCUT2D eigenvalue weighted by molar-refractivity contribution is 5.31. The number of hydrogen-bond acceptors (Lipinski definition) is 3. The monoisotopic (exact) mass is 276 g/mol. The van der Waals surface area contributed by atoms with E-state index in [1.165, 1.54) is 0 Å². The fourth-order valence-electron chi connectivity index (χ4n) is 2.54. The summed E-state index contributed by atoms with van der Waals surface area (Å²) in [6.45, 7) is 4.87. The predicted octanol–water partition coefficient (Wildman–Crippen LogP) is 3.43. The van der Waals surface area contributed by atoms with Crippen molar-refractivity contribution in [2.75, 3.05) is 13.7 Å². The van der Waals surface area contributed by atoms with Crippen LogP contribution in [0.5, 0.6) is 11.5 Å². The number of aliphatic hydroxyl groups excluding tert-OH is 1. The van der Waals surface area contributed by atoms with Crippen molar-refractivity contribution < 1.29 is 14.6 Å². The average molecular weight is 276 g/mol. The van der Waals surface area contributed by atoms with Gasteiger partial charge in [0.25, 0.3) is 0 Å². The zero-order valence-corrected chi connectivity index (χ0v) is 12.5. The minimum atomic E-state index is -0.280. The highest BCUT2D eigenvalue weighted by Crippen LogP contribution is 2.30. The minimum Gasteiger partial charge on any atom is -0.497 e. The Bertz CT molecular complexity index is 450. The van der Waals surface area contributed by atoms with Crippen molar-refractivity contribution >= 4 is 0 Å². The Morgan fingerprint density at radius 2 is 1.90 bits per heavy atom. The lowest BCUT2D eigenvalue weighted by Gasteiger charge is -2.29. The summed E-state index contributed by atoms with van der Waals surface area (Å²) in [6.07, 6.45) is 3.76. The van der Waals surface area contributed by atoms with Crippen molar-refractivity contribution in [1.82, 2.24) is 0 Å². The molecule has 0 fully saturated rings. The molecule has 0 amide bonds. The number of methoxy groups -OCH3 is 1. The SMILES string of the molecule is COc1ccc(OC[C@@H](C)[C@H]2CC=C(C)[C@@H](O)C2)cc1. The molecule has 20 heavy (non-hydrogen) atoms. The van der Waals surface area contributed by atoms with Gasteiger partial charge in [-0.25, -0.2) is 0 Å². The Morgan fingerprint density at radius 3 is 2.50 bits per heavy atom. The smallest absolute Gasteiger partial charge is 0.119 e. The third kappa shape index (κ3) is 3.76. The number of rotatable bonds is 5. The first-order chi connectivity index (χ1) is 9.60. The molecule has 0 bridgehead atoms. The third-order valence-corrected chi connectivity index (χ3v) is 4.17. The summed E-state index contributed by atoms with van der Waals surface area (Å²) in [4.78, 5) is 0. The molecule has 1 aliphatic carbocycles. The van der Waals surface area contributed by atoms with E-state index in [1.807, 2.05) is 31.2 Å². The standard InChI is InChI=1S/C17H24O3/c1-12-4-5-14(10-17(12)18)13(2)11-20-16-8-6-15(19-3)7-9-16/h4,6-9,13-14,17-18H,5,10-11H2,1-3H3/t13-,14+,17+/m1/s1. The molecule has 0 aromatic heterocycles. The maximum atomic E-state index is 9.92. The van der Waals surface area contributed by atoms with Gasteiger partial charge in [-0.2, -0.15) is 0 Å². The van der Waals surface area contributed by atoms with Gasteiger partial charge in [-0.15, -0.1) is 0 Å². The van der Waals surface area contributed by atoms with Gasteiger partial charge in [0.15, 0.2) is 0 Å². The van der Waals surface area contributed by atoms with Gasteiger partial charge in [-0.05, 0) is 61.4 Å². The largest absolute Gasteiger partial charge is 0.497 e. The topological polar surface area (TPSA) is 38.7 Å². The Kier molecular flexibility index (Phi) is 5.07. The van der Waals surface area contributed by atoms with Crippen molar-refractivity contribution in [2.24, 2.45) is 11.8 Å². The lowest BCUT2D eigenvalue weighted by Crippen LogP contribution is -2.27. The molecule has 1 aromatic carbocycles. The van der Waals surface area contributed by atoms with E-state index in [2.05, 4.69) is 13.0 Å². The molecule has 3 heteroatoms. The Hall–Kier alpha value is -1.48. The van der Waals surface area contributed by atoms with E-state index in [4.69, 9.17) is 9.47 Å². The van der Waals surface area contributed by atoms with Crippen molar-refractivity contribution in [3.05, 3.63) is 35.9 Å². The summed E-state index contributed by atoms with van der Waals surface area (Å²) in [7, 11) is 1.65. The van der Waals surface area contributed by atoms with Gasteiger partial charge in [0, 0.05) is 0 Å². The second-order valence-corrected chi connectivity index (χ2v) is 5.66. The normalized spacial score (nSPS) is 23.9. The van der Waals surface area contributed by atoms with Gasteiger partial charge in [0.1, 0.15) is 11.5 Å². The predicted molar refractivity (Wildman–Crippen MR) is 80.1 cm³/mol.